The van der Waals surface area contributed by atoms with Gasteiger partial charge < -0.3 is 15.5 Å². The number of nitrogens with one attached hydrogen (secondary N) is 2. The van der Waals surface area contributed by atoms with Crippen molar-refractivity contribution in [3.8, 4) is 0 Å². The van der Waals surface area contributed by atoms with E-state index in [1.165, 1.54) is 10.4 Å². The molecule has 132 valence electrons. The Kier molecular flexibility index (Phi) is 9.96. The maximum Gasteiger partial charge on any atom is 0.241 e. The molecule has 0 aliphatic carbocycles. The third kappa shape index (κ3) is 7.63. The van der Waals surface area contributed by atoms with Crippen LogP contribution in [0.15, 0.2) is 39.3 Å². The zero-order valence-corrected chi connectivity index (χ0v) is 17.8. The number of likely N-dealkylation sites (N-methyl/N-ethyl adjacent to an activating group) is 1. The molecular formula is C16H23IN4OS2. The molecule has 2 rings (SSSR count). The molecule has 0 spiro atoms. The van der Waals surface area contributed by atoms with E-state index in [2.05, 4.69) is 44.6 Å². The lowest BCUT2D eigenvalue weighted by Crippen LogP contribution is -2.43. The molecule has 0 aliphatic rings. The Hall–Kier alpha value is -1.13. The Labute approximate surface area is 168 Å². The van der Waals surface area contributed by atoms with Crippen LogP contribution in [0.25, 0.3) is 0 Å². The minimum absolute atomic E-state index is 0. The number of carbonyl (C=O) groups is 1. The van der Waals surface area contributed by atoms with Gasteiger partial charge in [0, 0.05) is 25.5 Å². The molecule has 0 aromatic carbocycles. The van der Waals surface area contributed by atoms with E-state index in [1.807, 2.05) is 5.38 Å². The molecular weight excluding hydrogens is 455 g/mol. The van der Waals surface area contributed by atoms with Gasteiger partial charge in [-0.15, -0.1) is 35.3 Å². The number of aliphatic imine (C=N–C) groups is 1. The molecule has 0 radical (unpaired) electrons. The molecule has 24 heavy (non-hydrogen) atoms. The minimum Gasteiger partial charge on any atom is -0.356 e. The summed E-state index contributed by atoms with van der Waals surface area (Å²) in [6.07, 6.45) is 0.943. The normalized spacial score (nSPS) is 10.8. The number of carbonyl (C=O) groups excluding carboxylic acids is 1. The third-order valence-electron chi connectivity index (χ3n) is 3.15. The molecule has 0 aliphatic heterocycles. The smallest absolute Gasteiger partial charge is 0.241 e. The first-order chi connectivity index (χ1) is 11.1. The van der Waals surface area contributed by atoms with Gasteiger partial charge in [-0.25, -0.2) is 4.99 Å². The van der Waals surface area contributed by atoms with Crippen molar-refractivity contribution in [3.05, 3.63) is 44.8 Å². The van der Waals surface area contributed by atoms with Crippen LogP contribution in [0.4, 0.5) is 0 Å². The fourth-order valence-electron chi connectivity index (χ4n) is 1.80. The average Bonchev–Trinajstić information content (AvgIpc) is 3.22. The van der Waals surface area contributed by atoms with E-state index in [0.717, 1.165) is 13.0 Å². The van der Waals surface area contributed by atoms with Crippen molar-refractivity contribution >= 4 is 58.5 Å². The lowest BCUT2D eigenvalue weighted by molar-refractivity contribution is -0.127. The highest BCUT2D eigenvalue weighted by Crippen LogP contribution is 2.08. The summed E-state index contributed by atoms with van der Waals surface area (Å²) in [6, 6.07) is 6.24. The van der Waals surface area contributed by atoms with E-state index >= 15 is 0 Å². The van der Waals surface area contributed by atoms with Crippen LogP contribution in [-0.2, 0) is 17.8 Å². The van der Waals surface area contributed by atoms with Crippen molar-refractivity contribution in [2.24, 2.45) is 4.99 Å². The van der Waals surface area contributed by atoms with E-state index in [4.69, 9.17) is 0 Å². The number of thiophene rings is 2. The maximum atomic E-state index is 11.7. The quantitative estimate of drug-likeness (QED) is 0.366. The first-order valence-electron chi connectivity index (χ1n) is 7.41. The average molecular weight is 478 g/mol. The number of halogens is 1. The Balaban J connectivity index is 0.00000288. The van der Waals surface area contributed by atoms with Crippen molar-refractivity contribution in [2.75, 3.05) is 27.2 Å². The summed E-state index contributed by atoms with van der Waals surface area (Å²) in [5, 5.41) is 12.6. The number of amides is 1. The third-order valence-corrected chi connectivity index (χ3v) is 4.82. The number of guanidine groups is 1. The monoisotopic (exact) mass is 478 g/mol. The summed E-state index contributed by atoms with van der Waals surface area (Å²) >= 11 is 3.41. The molecule has 0 atom stereocenters. The summed E-state index contributed by atoms with van der Waals surface area (Å²) in [4.78, 5) is 19.2. The van der Waals surface area contributed by atoms with E-state index in [9.17, 15) is 4.79 Å². The van der Waals surface area contributed by atoms with Crippen LogP contribution < -0.4 is 10.6 Å². The number of hydrogen-bond acceptors (Lipinski definition) is 4. The van der Waals surface area contributed by atoms with E-state index in [-0.39, 0.29) is 36.4 Å². The number of hydrogen-bond donors (Lipinski definition) is 2. The maximum absolute atomic E-state index is 11.7. The fourth-order valence-corrected chi connectivity index (χ4v) is 3.17. The van der Waals surface area contributed by atoms with Gasteiger partial charge in [0.05, 0.1) is 13.1 Å². The summed E-state index contributed by atoms with van der Waals surface area (Å²) in [7, 11) is 3.49. The van der Waals surface area contributed by atoms with Gasteiger partial charge in [0.25, 0.3) is 0 Å². The van der Waals surface area contributed by atoms with E-state index in [0.29, 0.717) is 12.5 Å². The summed E-state index contributed by atoms with van der Waals surface area (Å²) in [5.74, 6) is 0.691. The van der Waals surface area contributed by atoms with Crippen molar-refractivity contribution in [2.45, 2.75) is 13.0 Å². The van der Waals surface area contributed by atoms with Crippen LogP contribution in [0.3, 0.4) is 0 Å². The van der Waals surface area contributed by atoms with Crippen molar-refractivity contribution in [1.29, 1.82) is 0 Å². The predicted octanol–water partition coefficient (Wildman–Crippen LogP) is 2.79. The molecule has 2 aromatic heterocycles. The summed E-state index contributed by atoms with van der Waals surface area (Å²) in [6.45, 7) is 1.63. The molecule has 1 amide bonds. The van der Waals surface area contributed by atoms with Gasteiger partial charge in [0.2, 0.25) is 5.91 Å². The molecule has 8 heteroatoms. The van der Waals surface area contributed by atoms with Gasteiger partial charge in [-0.2, -0.15) is 11.3 Å². The molecule has 2 heterocycles. The van der Waals surface area contributed by atoms with Crippen LogP contribution >= 0.6 is 46.7 Å². The zero-order valence-electron chi connectivity index (χ0n) is 13.8. The fraction of sp³-hybridized carbons (Fsp3) is 0.375. The van der Waals surface area contributed by atoms with Gasteiger partial charge in [0.1, 0.15) is 0 Å². The molecule has 2 N–H and O–H groups in total. The number of rotatable bonds is 7. The second-order valence-electron chi connectivity index (χ2n) is 5.19. The molecule has 0 saturated carbocycles. The van der Waals surface area contributed by atoms with Crippen LogP contribution in [0.5, 0.6) is 0 Å². The van der Waals surface area contributed by atoms with Gasteiger partial charge in [-0.05, 0) is 40.3 Å². The van der Waals surface area contributed by atoms with Gasteiger partial charge >= 0.3 is 0 Å². The molecule has 0 bridgehead atoms. The van der Waals surface area contributed by atoms with Crippen LogP contribution in [-0.4, -0.2) is 44.0 Å². The summed E-state index contributed by atoms with van der Waals surface area (Å²) < 4.78 is 0. The van der Waals surface area contributed by atoms with Gasteiger partial charge in [-0.1, -0.05) is 6.07 Å². The molecule has 2 aromatic rings. The molecule has 0 saturated heterocycles. The lowest BCUT2D eigenvalue weighted by Gasteiger charge is -2.14. The van der Waals surface area contributed by atoms with Crippen LogP contribution in [0.2, 0.25) is 0 Å². The van der Waals surface area contributed by atoms with E-state index in [1.54, 1.807) is 41.7 Å². The minimum atomic E-state index is 0. The first-order valence-corrected chi connectivity index (χ1v) is 9.23. The van der Waals surface area contributed by atoms with Crippen LogP contribution in [0.1, 0.15) is 10.4 Å². The lowest BCUT2D eigenvalue weighted by atomic mass is 10.3. The molecule has 0 fully saturated rings. The highest BCUT2D eigenvalue weighted by molar-refractivity contribution is 14.0. The predicted molar refractivity (Wildman–Crippen MR) is 114 cm³/mol. The Bertz CT molecular complexity index is 612. The first kappa shape index (κ1) is 20.9. The highest BCUT2D eigenvalue weighted by atomic mass is 127. The highest BCUT2D eigenvalue weighted by Gasteiger charge is 2.06. The molecule has 5 nitrogen and oxygen atoms in total. The second-order valence-corrected chi connectivity index (χ2v) is 7.01. The van der Waals surface area contributed by atoms with Gasteiger partial charge in [-0.3, -0.25) is 4.79 Å². The molecule has 0 unspecified atom stereocenters. The summed E-state index contributed by atoms with van der Waals surface area (Å²) in [5.41, 5.74) is 1.17. The Morgan fingerprint density at radius 2 is 2.08 bits per heavy atom. The Morgan fingerprint density at radius 1 is 1.25 bits per heavy atom. The van der Waals surface area contributed by atoms with Gasteiger partial charge in [0.15, 0.2) is 5.96 Å². The van der Waals surface area contributed by atoms with Crippen LogP contribution in [0, 0.1) is 0 Å². The zero-order chi connectivity index (χ0) is 16.5. The van der Waals surface area contributed by atoms with Crippen molar-refractivity contribution in [3.63, 3.8) is 0 Å². The standard InChI is InChI=1S/C16H22N4OS2.HI/c1-20(2)15(21)11-19-16(18-10-13-6-9-22-12-13)17-7-5-14-4-3-8-23-14;/h3-4,6,8-9,12H,5,7,10-11H2,1-2H3,(H2,17,18,19);1H. The largest absolute Gasteiger partial charge is 0.356 e. The van der Waals surface area contributed by atoms with Crippen molar-refractivity contribution < 1.29 is 4.79 Å². The van der Waals surface area contributed by atoms with Crippen molar-refractivity contribution in [1.82, 2.24) is 15.5 Å². The SMILES string of the molecule is CN(C)C(=O)CNC(=NCc1ccsc1)NCCc1cccs1.I. The van der Waals surface area contributed by atoms with E-state index < -0.39 is 0 Å². The topological polar surface area (TPSA) is 56.7 Å². The number of nitrogens with zero attached hydrogens (tertiary/aromatic N) is 2. The second kappa shape index (κ2) is 11.4. The Morgan fingerprint density at radius 3 is 2.71 bits per heavy atom.